The first-order valence-corrected chi connectivity index (χ1v) is 8.71. The Morgan fingerprint density at radius 3 is 2.85 bits per heavy atom. The lowest BCUT2D eigenvalue weighted by molar-refractivity contribution is 0.206. The highest BCUT2D eigenvalue weighted by atomic mass is 16.5. The van der Waals surface area contributed by atoms with Crippen LogP contribution in [0.25, 0.3) is 10.9 Å². The van der Waals surface area contributed by atoms with Crippen LogP contribution in [0.15, 0.2) is 35.0 Å². The van der Waals surface area contributed by atoms with Crippen LogP contribution in [0.2, 0.25) is 0 Å². The lowest BCUT2D eigenvalue weighted by atomic mass is 10.1. The number of carbonyl (C=O) groups excluding carboxylic acids is 1. The first kappa shape index (κ1) is 18.6. The van der Waals surface area contributed by atoms with Gasteiger partial charge in [-0.15, -0.1) is 0 Å². The molecule has 3 rings (SSSR count). The maximum atomic E-state index is 12.4. The van der Waals surface area contributed by atoms with Gasteiger partial charge in [0.05, 0.1) is 13.7 Å². The van der Waals surface area contributed by atoms with E-state index in [0.717, 1.165) is 16.5 Å². The Hall–Kier alpha value is -3.16. The molecule has 0 atom stereocenters. The number of carbonyl (C=O) groups is 1. The first-order valence-electron chi connectivity index (χ1n) is 8.71. The quantitative estimate of drug-likeness (QED) is 0.718. The van der Waals surface area contributed by atoms with E-state index in [0.29, 0.717) is 24.0 Å². The number of fused-ring (bicyclic) bond motifs is 1. The lowest BCUT2D eigenvalue weighted by Crippen LogP contribution is -2.36. The molecule has 142 valence electrons. The van der Waals surface area contributed by atoms with Crippen LogP contribution in [0.5, 0.6) is 5.75 Å². The van der Waals surface area contributed by atoms with Gasteiger partial charge in [-0.05, 0) is 17.7 Å². The maximum absolute atomic E-state index is 12.4. The van der Waals surface area contributed by atoms with E-state index >= 15 is 0 Å². The van der Waals surface area contributed by atoms with E-state index in [1.54, 1.807) is 25.3 Å². The minimum atomic E-state index is -0.223. The van der Waals surface area contributed by atoms with Gasteiger partial charge in [-0.25, -0.2) is 4.79 Å². The number of hydrogen-bond donors (Lipinski definition) is 1. The zero-order valence-electron chi connectivity index (χ0n) is 15.9. The number of ether oxygens (including phenoxy) is 1. The molecular formula is C19H23N5O3. The molecule has 0 aliphatic carbocycles. The molecule has 0 saturated heterocycles. The van der Waals surface area contributed by atoms with Gasteiger partial charge in [-0.1, -0.05) is 31.1 Å². The molecule has 1 N–H and O–H groups in total. The molecule has 0 bridgehead atoms. The lowest BCUT2D eigenvalue weighted by Gasteiger charge is -2.19. The van der Waals surface area contributed by atoms with Crippen molar-refractivity contribution < 1.29 is 14.1 Å². The van der Waals surface area contributed by atoms with Crippen molar-refractivity contribution in [1.29, 1.82) is 0 Å². The van der Waals surface area contributed by atoms with E-state index in [1.807, 2.05) is 38.1 Å². The summed E-state index contributed by atoms with van der Waals surface area (Å²) in [6.45, 7) is 4.58. The molecule has 0 aliphatic rings. The highest BCUT2D eigenvalue weighted by Crippen LogP contribution is 2.27. The fourth-order valence-electron chi connectivity index (χ4n) is 2.70. The van der Waals surface area contributed by atoms with E-state index in [9.17, 15) is 4.79 Å². The summed E-state index contributed by atoms with van der Waals surface area (Å²) >= 11 is 0. The second-order valence-corrected chi connectivity index (χ2v) is 6.54. The van der Waals surface area contributed by atoms with Gasteiger partial charge >= 0.3 is 6.03 Å². The second kappa shape index (κ2) is 8.03. The third-order valence-corrected chi connectivity index (χ3v) is 4.17. The van der Waals surface area contributed by atoms with E-state index in [-0.39, 0.29) is 18.5 Å². The Bertz CT molecular complexity index is 938. The summed E-state index contributed by atoms with van der Waals surface area (Å²) in [5.41, 5.74) is 1.76. The smallest absolute Gasteiger partial charge is 0.317 e. The molecule has 0 aliphatic heterocycles. The van der Waals surface area contributed by atoms with Crippen molar-refractivity contribution in [1.82, 2.24) is 25.3 Å². The number of pyridine rings is 1. The van der Waals surface area contributed by atoms with Crippen LogP contribution in [0.1, 0.15) is 37.0 Å². The fourth-order valence-corrected chi connectivity index (χ4v) is 2.70. The summed E-state index contributed by atoms with van der Waals surface area (Å²) in [7, 11) is 3.35. The van der Waals surface area contributed by atoms with Crippen LogP contribution in [-0.2, 0) is 13.1 Å². The van der Waals surface area contributed by atoms with Crippen molar-refractivity contribution in [3.63, 3.8) is 0 Å². The van der Waals surface area contributed by atoms with Crippen LogP contribution in [0.3, 0.4) is 0 Å². The average molecular weight is 369 g/mol. The van der Waals surface area contributed by atoms with E-state index < -0.39 is 0 Å². The molecule has 8 heteroatoms. The number of rotatable bonds is 6. The van der Waals surface area contributed by atoms with Gasteiger partial charge in [0.25, 0.3) is 0 Å². The number of methoxy groups -OCH3 is 1. The minimum Gasteiger partial charge on any atom is -0.494 e. The Kier molecular flexibility index (Phi) is 5.54. The summed E-state index contributed by atoms with van der Waals surface area (Å²) in [6, 6.07) is 7.43. The van der Waals surface area contributed by atoms with Crippen molar-refractivity contribution >= 4 is 16.9 Å². The Morgan fingerprint density at radius 2 is 2.15 bits per heavy atom. The molecule has 0 fully saturated rings. The van der Waals surface area contributed by atoms with Gasteiger partial charge in [-0.3, -0.25) is 4.98 Å². The molecule has 0 radical (unpaired) electrons. The third kappa shape index (κ3) is 4.16. The van der Waals surface area contributed by atoms with Crippen molar-refractivity contribution in [2.75, 3.05) is 14.2 Å². The zero-order valence-corrected chi connectivity index (χ0v) is 15.9. The first-order chi connectivity index (χ1) is 13.0. The number of benzene rings is 1. The monoisotopic (exact) mass is 369 g/mol. The van der Waals surface area contributed by atoms with Crippen LogP contribution >= 0.6 is 0 Å². The zero-order chi connectivity index (χ0) is 19.4. The molecule has 0 saturated carbocycles. The normalized spacial score (nSPS) is 11.0. The predicted octanol–water partition coefficient (Wildman–Crippen LogP) is 3.09. The van der Waals surface area contributed by atoms with Crippen molar-refractivity contribution in [2.24, 2.45) is 0 Å². The maximum Gasteiger partial charge on any atom is 0.317 e. The number of nitrogens with one attached hydrogen (secondary N) is 1. The van der Waals surface area contributed by atoms with Crippen LogP contribution in [0.4, 0.5) is 4.79 Å². The van der Waals surface area contributed by atoms with Crippen LogP contribution in [-0.4, -0.2) is 40.2 Å². The second-order valence-electron chi connectivity index (χ2n) is 6.54. The highest BCUT2D eigenvalue weighted by molar-refractivity contribution is 5.87. The van der Waals surface area contributed by atoms with E-state index in [4.69, 9.17) is 9.26 Å². The molecule has 1 aromatic carbocycles. The molecule has 3 aromatic rings. The Labute approximate surface area is 157 Å². The van der Waals surface area contributed by atoms with Gasteiger partial charge in [0, 0.05) is 31.1 Å². The molecule has 0 spiro atoms. The SMILES string of the molecule is COc1ccc(CN(C)C(=O)NCc2noc(C(C)C)n2)c2cccnc12. The molecular weight excluding hydrogens is 346 g/mol. The van der Waals surface area contributed by atoms with Crippen molar-refractivity contribution in [3.8, 4) is 5.75 Å². The molecule has 8 nitrogen and oxygen atoms in total. The highest BCUT2D eigenvalue weighted by Gasteiger charge is 2.15. The fraction of sp³-hybridized carbons (Fsp3) is 0.368. The van der Waals surface area contributed by atoms with E-state index in [2.05, 4.69) is 20.4 Å². The number of amides is 2. The van der Waals surface area contributed by atoms with Gasteiger partial charge in [0.1, 0.15) is 11.3 Å². The molecule has 2 aromatic heterocycles. The van der Waals surface area contributed by atoms with Gasteiger partial charge in [-0.2, -0.15) is 4.98 Å². The van der Waals surface area contributed by atoms with Crippen molar-refractivity contribution in [2.45, 2.75) is 32.9 Å². The minimum absolute atomic E-state index is 0.154. The summed E-state index contributed by atoms with van der Waals surface area (Å²) in [5, 5.41) is 7.63. The Balaban J connectivity index is 1.67. The van der Waals surface area contributed by atoms with Crippen LogP contribution < -0.4 is 10.1 Å². The number of aromatic nitrogens is 3. The van der Waals surface area contributed by atoms with E-state index in [1.165, 1.54) is 0 Å². The molecule has 2 heterocycles. The summed E-state index contributed by atoms with van der Waals surface area (Å²) in [4.78, 5) is 22.6. The van der Waals surface area contributed by atoms with Gasteiger partial charge < -0.3 is 19.5 Å². The Morgan fingerprint density at radius 1 is 1.33 bits per heavy atom. The predicted molar refractivity (Wildman–Crippen MR) is 100 cm³/mol. The topological polar surface area (TPSA) is 93.4 Å². The largest absolute Gasteiger partial charge is 0.494 e. The van der Waals surface area contributed by atoms with Gasteiger partial charge in [0.15, 0.2) is 5.82 Å². The number of urea groups is 1. The van der Waals surface area contributed by atoms with Gasteiger partial charge in [0.2, 0.25) is 5.89 Å². The summed E-state index contributed by atoms with van der Waals surface area (Å²) in [5.74, 6) is 1.88. The summed E-state index contributed by atoms with van der Waals surface area (Å²) < 4.78 is 10.5. The third-order valence-electron chi connectivity index (χ3n) is 4.17. The van der Waals surface area contributed by atoms with Crippen LogP contribution in [0, 0.1) is 0 Å². The number of nitrogens with zero attached hydrogens (tertiary/aromatic N) is 4. The summed E-state index contributed by atoms with van der Waals surface area (Å²) in [6.07, 6.45) is 1.72. The molecule has 0 unspecified atom stereocenters. The molecule has 2 amide bonds. The average Bonchev–Trinajstić information content (AvgIpc) is 3.15. The molecule has 27 heavy (non-hydrogen) atoms. The van der Waals surface area contributed by atoms with Crippen molar-refractivity contribution in [3.05, 3.63) is 47.7 Å². The standard InChI is InChI=1S/C19H23N5O3/c1-12(2)18-22-16(23-27-18)10-21-19(25)24(3)11-13-7-8-15(26-4)17-14(13)6-5-9-20-17/h5-9,12H,10-11H2,1-4H3,(H,21,25). The number of hydrogen-bond acceptors (Lipinski definition) is 6.